The normalized spacial score (nSPS) is 12.1. The van der Waals surface area contributed by atoms with Gasteiger partial charge in [-0.3, -0.25) is 9.48 Å². The number of benzene rings is 3. The van der Waals surface area contributed by atoms with Gasteiger partial charge in [-0.15, -0.1) is 24.5 Å². The molecule has 0 unspecified atom stereocenters. The minimum Gasteiger partial charge on any atom is -0.491 e. The van der Waals surface area contributed by atoms with Crippen LogP contribution in [0.3, 0.4) is 0 Å². The average Bonchev–Trinajstić information content (AvgIpc) is 3.57. The third-order valence-electron chi connectivity index (χ3n) is 7.15. The molecule has 0 radical (unpaired) electrons. The minimum absolute atomic E-state index is 0.207. The number of rotatable bonds is 10. The second-order valence-electron chi connectivity index (χ2n) is 11.5. The number of amides is 1. The lowest BCUT2D eigenvalue weighted by atomic mass is 9.78. The molecule has 0 spiro atoms. The molecular formula is C32H30ClF3N4O5S2. The quantitative estimate of drug-likeness (QED) is 0.142. The van der Waals surface area contributed by atoms with E-state index in [4.69, 9.17) is 16.3 Å². The van der Waals surface area contributed by atoms with Crippen LogP contribution >= 0.6 is 22.9 Å². The number of carbonyl (C=O) groups excluding carboxylic acids is 1. The van der Waals surface area contributed by atoms with Crippen molar-refractivity contribution in [3.05, 3.63) is 94.1 Å². The standard InChI is InChI=1S/C32H30ClF3N4O5S2/c1-18(2)44-26-12-21(13-27(15-26)45-32(34,35)36)31(3,4)20-10-22(33)14-23(11-20)38-30(41)29-9-19-8-24(6-7-28(19)46-29)40(47(42)43)25-16-37-39(5)17-25/h6-18,47H,1-5H3,(H,38,41). The van der Waals surface area contributed by atoms with Gasteiger partial charge < -0.3 is 14.8 Å². The van der Waals surface area contributed by atoms with Crippen LogP contribution in [-0.2, 0) is 23.4 Å². The number of thiophene rings is 1. The SMILES string of the molecule is CC(C)Oc1cc(OC(F)(F)F)cc(C(C)(C)c2cc(Cl)cc(NC(=O)c3cc4cc(N(c5cnn(C)c5)[SH](=O)=O)ccc4s3)c2)c1. The number of hydrogen-bond donors (Lipinski definition) is 2. The van der Waals surface area contributed by atoms with E-state index < -0.39 is 34.3 Å². The Kier molecular flexibility index (Phi) is 9.49. The van der Waals surface area contributed by atoms with E-state index in [0.29, 0.717) is 43.5 Å². The van der Waals surface area contributed by atoms with Crippen LogP contribution in [0.1, 0.15) is 48.5 Å². The summed E-state index contributed by atoms with van der Waals surface area (Å²) < 4.78 is 76.9. The Morgan fingerprint density at radius 3 is 2.34 bits per heavy atom. The number of ether oxygens (including phenoxy) is 2. The number of fused-ring (bicyclic) bond motifs is 1. The second-order valence-corrected chi connectivity index (χ2v) is 13.9. The van der Waals surface area contributed by atoms with Crippen molar-refractivity contribution in [1.29, 1.82) is 0 Å². The topological polar surface area (TPSA) is 103 Å². The molecule has 5 aromatic rings. The van der Waals surface area contributed by atoms with Crippen molar-refractivity contribution in [3.63, 3.8) is 0 Å². The van der Waals surface area contributed by atoms with Crippen LogP contribution in [0.15, 0.2) is 73.1 Å². The van der Waals surface area contributed by atoms with E-state index in [0.717, 1.165) is 9.01 Å². The highest BCUT2D eigenvalue weighted by atomic mass is 35.5. The van der Waals surface area contributed by atoms with Gasteiger partial charge in [0, 0.05) is 40.1 Å². The van der Waals surface area contributed by atoms with Crippen LogP contribution in [0.25, 0.3) is 10.1 Å². The molecular weight excluding hydrogens is 677 g/mol. The van der Waals surface area contributed by atoms with Crippen molar-refractivity contribution in [1.82, 2.24) is 9.78 Å². The summed E-state index contributed by atoms with van der Waals surface area (Å²) in [6.07, 6.45) is -2.17. The van der Waals surface area contributed by atoms with E-state index in [-0.39, 0.29) is 11.9 Å². The van der Waals surface area contributed by atoms with Gasteiger partial charge >= 0.3 is 6.36 Å². The highest BCUT2D eigenvalue weighted by Gasteiger charge is 2.33. The number of aryl methyl sites for hydroxylation is 1. The monoisotopic (exact) mass is 706 g/mol. The van der Waals surface area contributed by atoms with Crippen LogP contribution in [0, 0.1) is 0 Å². The molecule has 15 heteroatoms. The summed E-state index contributed by atoms with van der Waals surface area (Å²) in [7, 11) is -1.34. The predicted octanol–water partition coefficient (Wildman–Crippen LogP) is 8.22. The maximum Gasteiger partial charge on any atom is 0.573 e. The van der Waals surface area contributed by atoms with Gasteiger partial charge in [0.15, 0.2) is 0 Å². The van der Waals surface area contributed by atoms with Crippen LogP contribution in [-0.4, -0.2) is 36.6 Å². The van der Waals surface area contributed by atoms with Gasteiger partial charge in [0.05, 0.1) is 28.6 Å². The van der Waals surface area contributed by atoms with Gasteiger partial charge in [0.1, 0.15) is 11.5 Å². The van der Waals surface area contributed by atoms with Crippen molar-refractivity contribution in [2.24, 2.45) is 7.05 Å². The molecule has 0 saturated heterocycles. The lowest BCUT2D eigenvalue weighted by Gasteiger charge is -2.28. The van der Waals surface area contributed by atoms with E-state index in [9.17, 15) is 26.4 Å². The largest absolute Gasteiger partial charge is 0.573 e. The molecule has 2 heterocycles. The molecule has 0 aliphatic rings. The Hall–Kier alpha value is -4.27. The molecule has 0 atom stereocenters. The summed E-state index contributed by atoms with van der Waals surface area (Å²) in [5, 5.41) is 7.87. The Morgan fingerprint density at radius 1 is 1.00 bits per heavy atom. The third kappa shape index (κ3) is 8.00. The summed E-state index contributed by atoms with van der Waals surface area (Å²) in [5.74, 6) is -0.641. The fourth-order valence-electron chi connectivity index (χ4n) is 4.98. The first-order chi connectivity index (χ1) is 22.0. The summed E-state index contributed by atoms with van der Waals surface area (Å²) in [4.78, 5) is 13.8. The summed E-state index contributed by atoms with van der Waals surface area (Å²) in [5.41, 5.74) is 1.31. The highest BCUT2D eigenvalue weighted by Crippen LogP contribution is 2.40. The van der Waals surface area contributed by atoms with Gasteiger partial charge in [0.25, 0.3) is 5.91 Å². The zero-order valence-corrected chi connectivity index (χ0v) is 28.2. The first kappa shape index (κ1) is 34.1. The lowest BCUT2D eigenvalue weighted by Crippen LogP contribution is -2.22. The number of thiol groups is 1. The molecule has 1 amide bonds. The fraction of sp³-hybridized carbons (Fsp3) is 0.250. The molecule has 0 saturated carbocycles. The number of carbonyl (C=O) groups is 1. The molecule has 0 aliphatic carbocycles. The van der Waals surface area contributed by atoms with E-state index in [1.54, 1.807) is 75.6 Å². The van der Waals surface area contributed by atoms with Crippen molar-refractivity contribution in [3.8, 4) is 11.5 Å². The first-order valence-corrected chi connectivity index (χ1v) is 16.5. The molecule has 0 fully saturated rings. The second kappa shape index (κ2) is 13.1. The minimum atomic E-state index is -4.90. The number of aromatic nitrogens is 2. The third-order valence-corrected chi connectivity index (χ3v) is 9.27. The number of alkyl halides is 3. The zero-order valence-electron chi connectivity index (χ0n) is 25.8. The van der Waals surface area contributed by atoms with Crippen LogP contribution < -0.4 is 19.1 Å². The van der Waals surface area contributed by atoms with E-state index in [1.165, 1.54) is 34.3 Å². The van der Waals surface area contributed by atoms with E-state index in [2.05, 4.69) is 15.2 Å². The number of hydrogen-bond acceptors (Lipinski definition) is 7. The summed E-state index contributed by atoms with van der Waals surface area (Å²) >= 11 is 7.70. The van der Waals surface area contributed by atoms with Gasteiger partial charge in [-0.1, -0.05) is 25.4 Å². The average molecular weight is 707 g/mol. The summed E-state index contributed by atoms with van der Waals surface area (Å²) in [6, 6.07) is 15.8. The molecule has 5 rings (SSSR count). The van der Waals surface area contributed by atoms with Crippen LogP contribution in [0.4, 0.5) is 30.2 Å². The zero-order chi connectivity index (χ0) is 34.3. The molecule has 1 N–H and O–H groups in total. The highest BCUT2D eigenvalue weighted by molar-refractivity contribution is 7.74. The molecule has 3 aromatic carbocycles. The van der Waals surface area contributed by atoms with Crippen molar-refractivity contribution >= 4 is 66.9 Å². The molecule has 0 bridgehead atoms. The van der Waals surface area contributed by atoms with Crippen molar-refractivity contribution in [2.45, 2.75) is 45.6 Å². The van der Waals surface area contributed by atoms with Crippen LogP contribution in [0.2, 0.25) is 5.02 Å². The number of halogens is 4. The molecule has 47 heavy (non-hydrogen) atoms. The Balaban J connectivity index is 1.43. The number of nitrogens with zero attached hydrogens (tertiary/aromatic N) is 3. The Morgan fingerprint density at radius 2 is 1.70 bits per heavy atom. The van der Waals surface area contributed by atoms with Gasteiger partial charge in [-0.05, 0) is 85.0 Å². The van der Waals surface area contributed by atoms with Gasteiger partial charge in [-0.25, -0.2) is 12.7 Å². The predicted molar refractivity (Wildman–Crippen MR) is 178 cm³/mol. The smallest absolute Gasteiger partial charge is 0.491 e. The van der Waals surface area contributed by atoms with Crippen molar-refractivity contribution in [2.75, 3.05) is 9.62 Å². The molecule has 248 valence electrons. The number of nitrogens with one attached hydrogen (secondary N) is 1. The molecule has 0 aliphatic heterocycles. The number of anilines is 3. The van der Waals surface area contributed by atoms with E-state index >= 15 is 0 Å². The summed E-state index contributed by atoms with van der Waals surface area (Å²) in [6.45, 7) is 7.14. The molecule has 9 nitrogen and oxygen atoms in total. The maximum atomic E-state index is 13.4. The fourth-order valence-corrected chi connectivity index (χ4v) is 6.76. The Bertz CT molecular complexity index is 2030. The van der Waals surface area contributed by atoms with Crippen molar-refractivity contribution < 1.29 is 35.9 Å². The van der Waals surface area contributed by atoms with E-state index in [1.807, 2.05) is 13.8 Å². The maximum absolute atomic E-state index is 13.4. The van der Waals surface area contributed by atoms with Gasteiger partial charge in [0.2, 0.25) is 10.9 Å². The molecule has 2 aromatic heterocycles. The lowest BCUT2D eigenvalue weighted by molar-refractivity contribution is -0.274. The van der Waals surface area contributed by atoms with Crippen LogP contribution in [0.5, 0.6) is 11.5 Å². The first-order valence-electron chi connectivity index (χ1n) is 14.2. The Labute approximate surface area is 279 Å². The van der Waals surface area contributed by atoms with Gasteiger partial charge in [-0.2, -0.15) is 5.10 Å².